The van der Waals surface area contributed by atoms with Crippen LogP contribution in [-0.2, 0) is 10.0 Å². The molecular weight excluding hydrogens is 354 g/mol. The van der Waals surface area contributed by atoms with Gasteiger partial charge < -0.3 is 4.74 Å². The van der Waals surface area contributed by atoms with E-state index in [2.05, 4.69) is 14.7 Å². The Morgan fingerprint density at radius 2 is 1.75 bits per heavy atom. The van der Waals surface area contributed by atoms with Crippen molar-refractivity contribution in [2.24, 2.45) is 0 Å². The van der Waals surface area contributed by atoms with E-state index in [9.17, 15) is 26.0 Å². The number of hydrogen-bond acceptors (Lipinski definition) is 5. The highest BCUT2D eigenvalue weighted by Crippen LogP contribution is 2.24. The van der Waals surface area contributed by atoms with Gasteiger partial charge in [0.1, 0.15) is 6.10 Å². The Balaban J connectivity index is 1.77. The highest BCUT2D eigenvalue weighted by molar-refractivity contribution is 7.89. The van der Waals surface area contributed by atoms with Gasteiger partial charge in [-0.2, -0.15) is 13.2 Å². The third-order valence-electron chi connectivity index (χ3n) is 3.54. The van der Waals surface area contributed by atoms with Gasteiger partial charge >= 0.3 is 12.2 Å². The summed E-state index contributed by atoms with van der Waals surface area (Å²) in [4.78, 5) is 7.34. The maximum absolute atomic E-state index is 12.7. The van der Waals surface area contributed by atoms with Gasteiger partial charge in [-0.3, -0.25) is 0 Å². The number of alkyl halides is 3. The van der Waals surface area contributed by atoms with Crippen molar-refractivity contribution < 1.29 is 30.7 Å². The topological polar surface area (TPSA) is 81.2 Å². The number of sulfonamides is 1. The summed E-state index contributed by atoms with van der Waals surface area (Å²) in [5.74, 6) is -1.56. The summed E-state index contributed by atoms with van der Waals surface area (Å²) in [6, 6.07) is -0.386. The molecule has 1 aliphatic carbocycles. The van der Waals surface area contributed by atoms with Crippen LogP contribution in [0.25, 0.3) is 0 Å². The third kappa shape index (κ3) is 6.56. The van der Waals surface area contributed by atoms with Crippen LogP contribution in [0, 0.1) is 5.82 Å². The molecule has 1 N–H and O–H groups in total. The summed E-state index contributed by atoms with van der Waals surface area (Å²) in [5.41, 5.74) is 0. The van der Waals surface area contributed by atoms with Crippen LogP contribution in [0.2, 0.25) is 0 Å². The van der Waals surface area contributed by atoms with Crippen LogP contribution in [-0.4, -0.2) is 42.5 Å². The van der Waals surface area contributed by atoms with Gasteiger partial charge in [0.2, 0.25) is 10.0 Å². The van der Waals surface area contributed by atoms with E-state index in [1.165, 1.54) is 0 Å². The lowest BCUT2D eigenvalue weighted by atomic mass is 9.94. The second-order valence-electron chi connectivity index (χ2n) is 5.58. The lowest BCUT2D eigenvalue weighted by Gasteiger charge is -2.28. The molecule has 0 atom stereocenters. The largest absolute Gasteiger partial charge is 0.460 e. The molecule has 0 saturated heterocycles. The van der Waals surface area contributed by atoms with E-state index < -0.39 is 40.2 Å². The zero-order valence-corrected chi connectivity index (χ0v) is 13.4. The molecular formula is C13H17F4N3O3S. The number of halogens is 4. The van der Waals surface area contributed by atoms with Crippen molar-refractivity contribution in [2.45, 2.75) is 50.4 Å². The quantitative estimate of drug-likeness (QED) is 0.775. The third-order valence-corrected chi connectivity index (χ3v) is 4.98. The highest BCUT2D eigenvalue weighted by Gasteiger charge is 2.32. The predicted molar refractivity (Wildman–Crippen MR) is 76.3 cm³/mol. The minimum absolute atomic E-state index is 0.0330. The Labute approximate surface area is 136 Å². The number of ether oxygens (including phenoxy) is 1. The molecule has 0 aliphatic heterocycles. The first kappa shape index (κ1) is 18.8. The number of rotatable bonds is 6. The summed E-state index contributed by atoms with van der Waals surface area (Å²) >= 11 is 0. The van der Waals surface area contributed by atoms with Crippen LogP contribution in [0.15, 0.2) is 12.4 Å². The fourth-order valence-corrected chi connectivity index (χ4v) is 3.73. The molecule has 136 valence electrons. The molecule has 1 aromatic rings. The summed E-state index contributed by atoms with van der Waals surface area (Å²) in [6.45, 7) is 0. The van der Waals surface area contributed by atoms with E-state index in [0.29, 0.717) is 25.7 Å². The second kappa shape index (κ2) is 7.60. The van der Waals surface area contributed by atoms with E-state index in [1.54, 1.807) is 0 Å². The van der Waals surface area contributed by atoms with Crippen molar-refractivity contribution in [1.82, 2.24) is 14.7 Å². The summed E-state index contributed by atoms with van der Waals surface area (Å²) in [7, 11) is -3.97. The van der Waals surface area contributed by atoms with E-state index >= 15 is 0 Å². The standard InChI is InChI=1S/C13H17F4N3O3S/c14-9-7-18-12(19-8-9)23-11-3-1-10(2-4-11)20-24(21,22)6-5-13(15,16)17/h7-8,10-11,20H,1-6H2. The van der Waals surface area contributed by atoms with Gasteiger partial charge in [-0.25, -0.2) is 27.5 Å². The molecule has 1 aliphatic rings. The maximum atomic E-state index is 12.7. The van der Waals surface area contributed by atoms with Crippen LogP contribution in [0.4, 0.5) is 17.6 Å². The zero-order valence-electron chi connectivity index (χ0n) is 12.6. The normalized spacial score (nSPS) is 22.3. The van der Waals surface area contributed by atoms with Gasteiger partial charge in [-0.15, -0.1) is 0 Å². The van der Waals surface area contributed by atoms with Crippen LogP contribution < -0.4 is 9.46 Å². The van der Waals surface area contributed by atoms with Crippen LogP contribution in [0.3, 0.4) is 0 Å². The Kier molecular flexibility index (Phi) is 5.97. The molecule has 1 aromatic heterocycles. The fraction of sp³-hybridized carbons (Fsp3) is 0.692. The van der Waals surface area contributed by atoms with Crippen molar-refractivity contribution in [3.05, 3.63) is 18.2 Å². The molecule has 1 fully saturated rings. The molecule has 0 radical (unpaired) electrons. The molecule has 0 bridgehead atoms. The van der Waals surface area contributed by atoms with E-state index in [4.69, 9.17) is 4.74 Å². The number of aromatic nitrogens is 2. The average molecular weight is 371 g/mol. The number of nitrogens with zero attached hydrogens (tertiary/aromatic N) is 2. The smallest absolute Gasteiger partial charge is 0.390 e. The van der Waals surface area contributed by atoms with E-state index in [-0.39, 0.29) is 12.1 Å². The second-order valence-corrected chi connectivity index (χ2v) is 7.45. The molecule has 2 rings (SSSR count). The molecule has 0 unspecified atom stereocenters. The first-order valence-corrected chi connectivity index (χ1v) is 8.99. The van der Waals surface area contributed by atoms with Crippen molar-refractivity contribution >= 4 is 10.0 Å². The molecule has 1 saturated carbocycles. The lowest BCUT2D eigenvalue weighted by Crippen LogP contribution is -2.41. The van der Waals surface area contributed by atoms with E-state index in [0.717, 1.165) is 12.4 Å². The SMILES string of the molecule is O=S(=O)(CCC(F)(F)F)NC1CCC(Oc2ncc(F)cn2)CC1. The highest BCUT2D eigenvalue weighted by atomic mass is 32.2. The molecule has 0 amide bonds. The van der Waals surface area contributed by atoms with E-state index in [1.807, 2.05) is 0 Å². The van der Waals surface area contributed by atoms with Crippen LogP contribution in [0.1, 0.15) is 32.1 Å². The van der Waals surface area contributed by atoms with Crippen molar-refractivity contribution in [3.63, 3.8) is 0 Å². The molecule has 1 heterocycles. The van der Waals surface area contributed by atoms with Crippen LogP contribution >= 0.6 is 0 Å². The van der Waals surface area contributed by atoms with Crippen molar-refractivity contribution in [3.8, 4) is 6.01 Å². The first-order chi connectivity index (χ1) is 11.1. The molecule has 24 heavy (non-hydrogen) atoms. The monoisotopic (exact) mass is 371 g/mol. The summed E-state index contributed by atoms with van der Waals surface area (Å²) in [6.07, 6.45) is -2.33. The molecule has 0 spiro atoms. The number of hydrogen-bond donors (Lipinski definition) is 1. The fourth-order valence-electron chi connectivity index (χ4n) is 2.37. The minimum atomic E-state index is -4.50. The van der Waals surface area contributed by atoms with Gasteiger partial charge in [0.15, 0.2) is 5.82 Å². The molecule has 11 heteroatoms. The number of nitrogens with one attached hydrogen (secondary N) is 1. The van der Waals surface area contributed by atoms with Gasteiger partial charge in [0, 0.05) is 6.04 Å². The van der Waals surface area contributed by atoms with Crippen molar-refractivity contribution in [1.29, 1.82) is 0 Å². The Morgan fingerprint density at radius 1 is 1.17 bits per heavy atom. The molecule has 6 nitrogen and oxygen atoms in total. The van der Waals surface area contributed by atoms with Crippen LogP contribution in [0.5, 0.6) is 6.01 Å². The first-order valence-electron chi connectivity index (χ1n) is 7.34. The Bertz CT molecular complexity index is 629. The molecule has 0 aromatic carbocycles. The summed E-state index contributed by atoms with van der Waals surface area (Å²) < 4.78 is 80.1. The minimum Gasteiger partial charge on any atom is -0.460 e. The summed E-state index contributed by atoms with van der Waals surface area (Å²) in [5, 5.41) is 0. The van der Waals surface area contributed by atoms with Gasteiger partial charge in [0.25, 0.3) is 0 Å². The van der Waals surface area contributed by atoms with Crippen molar-refractivity contribution in [2.75, 3.05) is 5.75 Å². The predicted octanol–water partition coefficient (Wildman–Crippen LogP) is 2.18. The van der Waals surface area contributed by atoms with Gasteiger partial charge in [0.05, 0.1) is 24.6 Å². The zero-order chi connectivity index (χ0) is 17.8. The van der Waals surface area contributed by atoms with Gasteiger partial charge in [-0.05, 0) is 25.7 Å². The lowest BCUT2D eigenvalue weighted by molar-refractivity contribution is -0.130. The Hall–Kier alpha value is -1.49. The maximum Gasteiger partial charge on any atom is 0.390 e. The average Bonchev–Trinajstić information content (AvgIpc) is 2.49. The van der Waals surface area contributed by atoms with Gasteiger partial charge in [-0.1, -0.05) is 0 Å². The Morgan fingerprint density at radius 3 is 2.29 bits per heavy atom.